The van der Waals surface area contributed by atoms with E-state index in [0.717, 1.165) is 11.6 Å². The van der Waals surface area contributed by atoms with Crippen molar-refractivity contribution in [1.82, 2.24) is 9.97 Å². The number of hydrogen-bond acceptors (Lipinski definition) is 5. The van der Waals surface area contributed by atoms with Crippen LogP contribution in [0.5, 0.6) is 0 Å². The van der Waals surface area contributed by atoms with E-state index >= 15 is 0 Å². The van der Waals surface area contributed by atoms with Crippen molar-refractivity contribution in [3.63, 3.8) is 0 Å². The summed E-state index contributed by atoms with van der Waals surface area (Å²) in [5.74, 6) is -1.45. The fourth-order valence-electron chi connectivity index (χ4n) is 2.29. The van der Waals surface area contributed by atoms with Crippen LogP contribution in [-0.4, -0.2) is 20.7 Å². The van der Waals surface area contributed by atoms with Gasteiger partial charge in [0.25, 0.3) is 5.69 Å². The number of para-hydroxylation sites is 2. The highest BCUT2D eigenvalue weighted by molar-refractivity contribution is 6.03. The third-order valence-electron chi connectivity index (χ3n) is 3.41. The zero-order valence-corrected chi connectivity index (χ0v) is 11.8. The molecule has 7 nitrogen and oxygen atoms in total. The van der Waals surface area contributed by atoms with Gasteiger partial charge in [-0.25, -0.2) is 4.98 Å². The Morgan fingerprint density at radius 3 is 2.74 bits per heavy atom. The summed E-state index contributed by atoms with van der Waals surface area (Å²) in [6.07, 6.45) is 0. The van der Waals surface area contributed by atoms with Gasteiger partial charge in [-0.1, -0.05) is 24.3 Å². The number of fused-ring (bicyclic) bond motifs is 1. The van der Waals surface area contributed by atoms with Crippen molar-refractivity contribution >= 4 is 22.5 Å². The number of carbonyl (C=O) groups is 1. The SMILES string of the molecule is N#CC(C(=O)c1cccc([N+](=O)[O-])c1)c1nc2ccccc2[nH]1. The quantitative estimate of drug-likeness (QED) is 0.452. The van der Waals surface area contributed by atoms with Crippen molar-refractivity contribution < 1.29 is 9.72 Å². The highest BCUT2D eigenvalue weighted by Crippen LogP contribution is 2.23. The number of benzene rings is 2. The van der Waals surface area contributed by atoms with Gasteiger partial charge in [0.05, 0.1) is 22.0 Å². The molecule has 0 bridgehead atoms. The molecule has 1 heterocycles. The zero-order valence-electron chi connectivity index (χ0n) is 11.8. The maximum Gasteiger partial charge on any atom is 0.270 e. The van der Waals surface area contributed by atoms with Crippen LogP contribution >= 0.6 is 0 Å². The molecule has 7 heteroatoms. The van der Waals surface area contributed by atoms with Crippen LogP contribution in [0.4, 0.5) is 5.69 Å². The van der Waals surface area contributed by atoms with Crippen LogP contribution in [0.15, 0.2) is 48.5 Å². The molecule has 3 rings (SSSR count). The lowest BCUT2D eigenvalue weighted by Gasteiger charge is -2.05. The predicted octanol–water partition coefficient (Wildman–Crippen LogP) is 2.96. The molecule has 1 aromatic heterocycles. The standard InChI is InChI=1S/C16H10N4O3/c17-9-12(16-18-13-6-1-2-7-14(13)19-16)15(21)10-4-3-5-11(8-10)20(22)23/h1-8,12H,(H,18,19). The Labute approximate surface area is 130 Å². The van der Waals surface area contributed by atoms with Crippen molar-refractivity contribution in [3.8, 4) is 6.07 Å². The number of imidazole rings is 1. The van der Waals surface area contributed by atoms with Crippen molar-refractivity contribution in [2.45, 2.75) is 5.92 Å². The van der Waals surface area contributed by atoms with Gasteiger partial charge in [0, 0.05) is 17.7 Å². The fourth-order valence-corrected chi connectivity index (χ4v) is 2.29. The normalized spacial score (nSPS) is 11.8. The number of hydrogen-bond donors (Lipinski definition) is 1. The van der Waals surface area contributed by atoms with Crippen molar-refractivity contribution in [2.24, 2.45) is 0 Å². The molecule has 0 aliphatic carbocycles. The van der Waals surface area contributed by atoms with Gasteiger partial charge >= 0.3 is 0 Å². The van der Waals surface area contributed by atoms with Gasteiger partial charge in [-0.15, -0.1) is 0 Å². The minimum atomic E-state index is -1.15. The molecule has 1 atom stereocenters. The van der Waals surface area contributed by atoms with Crippen molar-refractivity contribution in [1.29, 1.82) is 5.26 Å². The van der Waals surface area contributed by atoms with E-state index in [9.17, 15) is 20.2 Å². The molecule has 0 fully saturated rings. The van der Waals surface area contributed by atoms with Crippen LogP contribution in [0.2, 0.25) is 0 Å². The average Bonchev–Trinajstić information content (AvgIpc) is 2.99. The first-order valence-corrected chi connectivity index (χ1v) is 6.73. The molecule has 3 aromatic rings. The van der Waals surface area contributed by atoms with E-state index < -0.39 is 16.6 Å². The van der Waals surface area contributed by atoms with Crippen LogP contribution in [0, 0.1) is 21.4 Å². The number of aromatic amines is 1. The smallest absolute Gasteiger partial charge is 0.270 e. The van der Waals surface area contributed by atoms with Gasteiger partial charge < -0.3 is 4.98 Å². The van der Waals surface area contributed by atoms with E-state index in [4.69, 9.17) is 0 Å². The Hall–Kier alpha value is -3.53. The lowest BCUT2D eigenvalue weighted by molar-refractivity contribution is -0.384. The second kappa shape index (κ2) is 5.69. The van der Waals surface area contributed by atoms with Crippen LogP contribution in [0.1, 0.15) is 22.1 Å². The summed E-state index contributed by atoms with van der Waals surface area (Å²) in [6.45, 7) is 0. The number of nitro groups is 1. The summed E-state index contributed by atoms with van der Waals surface area (Å²) in [6, 6.07) is 14.4. The molecule has 2 aromatic carbocycles. The van der Waals surface area contributed by atoms with Gasteiger partial charge in [0.1, 0.15) is 5.82 Å². The molecule has 112 valence electrons. The maximum atomic E-state index is 12.5. The Kier molecular flexibility index (Phi) is 3.57. The number of nitrogens with zero attached hydrogens (tertiary/aromatic N) is 3. The lowest BCUT2D eigenvalue weighted by atomic mass is 9.98. The summed E-state index contributed by atoms with van der Waals surface area (Å²) in [5.41, 5.74) is 1.27. The zero-order chi connectivity index (χ0) is 16.4. The Morgan fingerprint density at radius 2 is 2.04 bits per heavy atom. The molecule has 0 aliphatic heterocycles. The predicted molar refractivity (Wildman–Crippen MR) is 81.9 cm³/mol. The molecule has 0 radical (unpaired) electrons. The third kappa shape index (κ3) is 2.65. The Morgan fingerprint density at radius 1 is 1.26 bits per heavy atom. The van der Waals surface area contributed by atoms with Gasteiger partial charge in [-0.3, -0.25) is 14.9 Å². The highest BCUT2D eigenvalue weighted by atomic mass is 16.6. The first-order valence-electron chi connectivity index (χ1n) is 6.73. The molecule has 0 aliphatic rings. The molecule has 0 saturated carbocycles. The van der Waals surface area contributed by atoms with Crippen LogP contribution in [0.25, 0.3) is 11.0 Å². The number of ketones is 1. The van der Waals surface area contributed by atoms with Crippen LogP contribution < -0.4 is 0 Å². The number of nitrogens with one attached hydrogen (secondary N) is 1. The van der Waals surface area contributed by atoms with E-state index in [0.29, 0.717) is 5.52 Å². The number of H-pyrrole nitrogens is 1. The third-order valence-corrected chi connectivity index (χ3v) is 3.41. The Bertz CT molecular complexity index is 922. The number of nitro benzene ring substituents is 1. The molecule has 0 spiro atoms. The minimum Gasteiger partial charge on any atom is -0.340 e. The van der Waals surface area contributed by atoms with E-state index in [1.54, 1.807) is 18.2 Å². The summed E-state index contributed by atoms with van der Waals surface area (Å²) >= 11 is 0. The molecular formula is C16H10N4O3. The summed E-state index contributed by atoms with van der Waals surface area (Å²) < 4.78 is 0. The van der Waals surface area contributed by atoms with Gasteiger partial charge in [0.2, 0.25) is 0 Å². The molecule has 23 heavy (non-hydrogen) atoms. The van der Waals surface area contributed by atoms with E-state index in [2.05, 4.69) is 9.97 Å². The maximum absolute atomic E-state index is 12.5. The second-order valence-electron chi connectivity index (χ2n) is 4.87. The minimum absolute atomic E-state index is 0.103. The number of non-ortho nitro benzene ring substituents is 1. The second-order valence-corrected chi connectivity index (χ2v) is 4.87. The average molecular weight is 306 g/mol. The number of Topliss-reactive ketones (excluding diaryl/α,β-unsaturated/α-hetero) is 1. The van der Waals surface area contributed by atoms with Gasteiger partial charge in [-0.2, -0.15) is 5.26 Å². The van der Waals surface area contributed by atoms with Crippen molar-refractivity contribution in [3.05, 3.63) is 70.0 Å². The lowest BCUT2D eigenvalue weighted by Crippen LogP contribution is -2.13. The topological polar surface area (TPSA) is 113 Å². The number of rotatable bonds is 4. The van der Waals surface area contributed by atoms with Crippen molar-refractivity contribution in [2.75, 3.05) is 0 Å². The molecule has 1 N–H and O–H groups in total. The van der Waals surface area contributed by atoms with Crippen LogP contribution in [0.3, 0.4) is 0 Å². The summed E-state index contributed by atoms with van der Waals surface area (Å²) in [7, 11) is 0. The number of nitriles is 1. The first kappa shape index (κ1) is 14.4. The van der Waals surface area contributed by atoms with E-state index in [-0.39, 0.29) is 17.1 Å². The number of carbonyl (C=O) groups excluding carboxylic acids is 1. The first-order chi connectivity index (χ1) is 11.1. The molecule has 1 unspecified atom stereocenters. The molecule has 0 saturated heterocycles. The summed E-state index contributed by atoms with van der Waals surface area (Å²) in [5, 5.41) is 20.2. The largest absolute Gasteiger partial charge is 0.340 e. The summed E-state index contributed by atoms with van der Waals surface area (Å²) in [4.78, 5) is 30.0. The van der Waals surface area contributed by atoms with E-state index in [1.807, 2.05) is 12.1 Å². The molecule has 0 amide bonds. The van der Waals surface area contributed by atoms with E-state index in [1.165, 1.54) is 18.2 Å². The Balaban J connectivity index is 2.00. The molecular weight excluding hydrogens is 296 g/mol. The monoisotopic (exact) mass is 306 g/mol. The highest BCUT2D eigenvalue weighted by Gasteiger charge is 2.26. The van der Waals surface area contributed by atoms with Gasteiger partial charge in [0.15, 0.2) is 11.7 Å². The van der Waals surface area contributed by atoms with Gasteiger partial charge in [-0.05, 0) is 12.1 Å². The number of aromatic nitrogens is 2. The van der Waals surface area contributed by atoms with Crippen LogP contribution in [-0.2, 0) is 0 Å². The fraction of sp³-hybridized carbons (Fsp3) is 0.0625.